The van der Waals surface area contributed by atoms with Crippen LogP contribution in [0.25, 0.3) is 0 Å². The van der Waals surface area contributed by atoms with Gasteiger partial charge in [-0.3, -0.25) is 0 Å². The van der Waals surface area contributed by atoms with Crippen LogP contribution in [0.15, 0.2) is 0 Å². The minimum Gasteiger partial charge on any atom is -0.0533 e. The standard InChI is InChI=1S/C10H19/c1-2-3-7-10-8-5-4-6-9-10/h10H,1-9H2. The van der Waals surface area contributed by atoms with E-state index in [2.05, 4.69) is 6.92 Å². The van der Waals surface area contributed by atoms with Gasteiger partial charge in [-0.15, -0.1) is 0 Å². The molecule has 0 bridgehead atoms. The van der Waals surface area contributed by atoms with Crippen LogP contribution in [0.3, 0.4) is 0 Å². The molecular formula is C10H19. The molecule has 1 aliphatic carbocycles. The lowest BCUT2D eigenvalue weighted by Gasteiger charge is -2.20. The quantitative estimate of drug-likeness (QED) is 0.560. The highest BCUT2D eigenvalue weighted by atomic mass is 14.2. The summed E-state index contributed by atoms with van der Waals surface area (Å²) in [5.41, 5.74) is 0. The predicted octanol–water partition coefficient (Wildman–Crippen LogP) is 3.57. The van der Waals surface area contributed by atoms with Gasteiger partial charge in [0.25, 0.3) is 0 Å². The number of hydrogen-bond donors (Lipinski definition) is 0. The lowest BCUT2D eigenvalue weighted by Crippen LogP contribution is -2.05. The second-order valence-corrected chi connectivity index (χ2v) is 3.50. The van der Waals surface area contributed by atoms with E-state index in [0.717, 1.165) is 12.3 Å². The van der Waals surface area contributed by atoms with E-state index in [1.165, 1.54) is 44.9 Å². The highest BCUT2D eigenvalue weighted by Crippen LogP contribution is 2.27. The van der Waals surface area contributed by atoms with Crippen LogP contribution in [0, 0.1) is 12.8 Å². The Hall–Kier alpha value is 0. The summed E-state index contributed by atoms with van der Waals surface area (Å²) in [7, 11) is 0. The molecule has 0 amide bonds. The van der Waals surface area contributed by atoms with Crippen molar-refractivity contribution in [1.82, 2.24) is 0 Å². The van der Waals surface area contributed by atoms with Crippen LogP contribution in [0.2, 0.25) is 0 Å². The SMILES string of the molecule is [CH2]CCCC1CCCCC1. The van der Waals surface area contributed by atoms with Gasteiger partial charge in [0, 0.05) is 0 Å². The molecule has 0 N–H and O–H groups in total. The molecule has 10 heavy (non-hydrogen) atoms. The zero-order valence-electron chi connectivity index (χ0n) is 6.94. The molecule has 1 aliphatic rings. The van der Waals surface area contributed by atoms with Crippen molar-refractivity contribution < 1.29 is 0 Å². The van der Waals surface area contributed by atoms with Crippen LogP contribution >= 0.6 is 0 Å². The zero-order valence-corrected chi connectivity index (χ0v) is 6.94. The fourth-order valence-corrected chi connectivity index (χ4v) is 1.91. The molecule has 0 atom stereocenters. The summed E-state index contributed by atoms with van der Waals surface area (Å²) in [6.07, 6.45) is 11.4. The summed E-state index contributed by atoms with van der Waals surface area (Å²) in [6.45, 7) is 3.87. The largest absolute Gasteiger partial charge is 0.0533 e. The van der Waals surface area contributed by atoms with Gasteiger partial charge in [-0.05, 0) is 5.92 Å². The Kier molecular flexibility index (Phi) is 3.86. The average molecular weight is 139 g/mol. The Labute approximate surface area is 65.0 Å². The monoisotopic (exact) mass is 139 g/mol. The molecule has 1 radical (unpaired) electrons. The number of hydrogen-bond acceptors (Lipinski definition) is 0. The first kappa shape index (κ1) is 8.10. The molecule has 0 aromatic carbocycles. The Bertz CT molecular complexity index is 70.1. The molecule has 0 spiro atoms. The Morgan fingerprint density at radius 2 is 1.80 bits per heavy atom. The van der Waals surface area contributed by atoms with Crippen LogP contribution in [0.5, 0.6) is 0 Å². The van der Waals surface area contributed by atoms with E-state index in [0.29, 0.717) is 0 Å². The third-order valence-corrected chi connectivity index (χ3v) is 2.59. The van der Waals surface area contributed by atoms with Gasteiger partial charge < -0.3 is 0 Å². The lowest BCUT2D eigenvalue weighted by molar-refractivity contribution is 0.333. The fraction of sp³-hybridized carbons (Fsp3) is 0.900. The zero-order chi connectivity index (χ0) is 7.23. The Balaban J connectivity index is 2.02. The Morgan fingerprint density at radius 3 is 2.40 bits per heavy atom. The summed E-state index contributed by atoms with van der Waals surface area (Å²) in [5.74, 6) is 1.07. The van der Waals surface area contributed by atoms with Crippen molar-refractivity contribution in [3.8, 4) is 0 Å². The first-order chi connectivity index (χ1) is 4.93. The molecule has 0 nitrogen and oxygen atoms in total. The second-order valence-electron chi connectivity index (χ2n) is 3.50. The smallest absolute Gasteiger partial charge is 0.0414 e. The van der Waals surface area contributed by atoms with Crippen molar-refractivity contribution >= 4 is 0 Å². The van der Waals surface area contributed by atoms with Crippen molar-refractivity contribution in [3.63, 3.8) is 0 Å². The average Bonchev–Trinajstić information content (AvgIpc) is 2.03. The summed E-state index contributed by atoms with van der Waals surface area (Å²) in [4.78, 5) is 0. The maximum absolute atomic E-state index is 3.87. The molecule has 0 saturated heterocycles. The van der Waals surface area contributed by atoms with Crippen molar-refractivity contribution in [2.75, 3.05) is 0 Å². The maximum atomic E-state index is 3.87. The molecule has 1 saturated carbocycles. The first-order valence-electron chi connectivity index (χ1n) is 4.72. The topological polar surface area (TPSA) is 0 Å². The highest BCUT2D eigenvalue weighted by molar-refractivity contribution is 4.65. The molecule has 59 valence electrons. The predicted molar refractivity (Wildman–Crippen MR) is 45.8 cm³/mol. The van der Waals surface area contributed by atoms with E-state index in [-0.39, 0.29) is 0 Å². The van der Waals surface area contributed by atoms with Gasteiger partial charge in [0.05, 0.1) is 0 Å². The fourth-order valence-electron chi connectivity index (χ4n) is 1.91. The minimum atomic E-state index is 1.07. The third kappa shape index (κ3) is 2.72. The van der Waals surface area contributed by atoms with Crippen LogP contribution in [-0.4, -0.2) is 0 Å². The summed E-state index contributed by atoms with van der Waals surface area (Å²) < 4.78 is 0. The van der Waals surface area contributed by atoms with E-state index >= 15 is 0 Å². The summed E-state index contributed by atoms with van der Waals surface area (Å²) in [6, 6.07) is 0. The first-order valence-corrected chi connectivity index (χ1v) is 4.72. The van der Waals surface area contributed by atoms with Gasteiger partial charge in [0.15, 0.2) is 0 Å². The van der Waals surface area contributed by atoms with E-state index in [9.17, 15) is 0 Å². The number of rotatable bonds is 3. The Morgan fingerprint density at radius 1 is 1.10 bits per heavy atom. The molecule has 0 aromatic rings. The third-order valence-electron chi connectivity index (χ3n) is 2.59. The highest BCUT2D eigenvalue weighted by Gasteiger charge is 2.11. The molecule has 0 heteroatoms. The van der Waals surface area contributed by atoms with E-state index in [4.69, 9.17) is 0 Å². The van der Waals surface area contributed by atoms with E-state index < -0.39 is 0 Å². The molecule has 0 aromatic heterocycles. The lowest BCUT2D eigenvalue weighted by atomic mass is 9.86. The second kappa shape index (κ2) is 4.76. The van der Waals surface area contributed by atoms with Gasteiger partial charge in [-0.25, -0.2) is 0 Å². The van der Waals surface area contributed by atoms with E-state index in [1.54, 1.807) is 0 Å². The summed E-state index contributed by atoms with van der Waals surface area (Å²) >= 11 is 0. The van der Waals surface area contributed by atoms with Gasteiger partial charge in [-0.1, -0.05) is 58.3 Å². The van der Waals surface area contributed by atoms with E-state index in [1.807, 2.05) is 0 Å². The van der Waals surface area contributed by atoms with Crippen molar-refractivity contribution in [3.05, 3.63) is 6.92 Å². The van der Waals surface area contributed by atoms with Gasteiger partial charge in [0.1, 0.15) is 0 Å². The molecule has 0 aliphatic heterocycles. The normalized spacial score (nSPS) is 21.3. The van der Waals surface area contributed by atoms with Crippen LogP contribution in [-0.2, 0) is 0 Å². The molecule has 1 fully saturated rings. The molecular weight excluding hydrogens is 120 g/mol. The molecule has 0 heterocycles. The minimum absolute atomic E-state index is 1.07. The maximum Gasteiger partial charge on any atom is -0.0414 e. The van der Waals surface area contributed by atoms with Gasteiger partial charge in [0.2, 0.25) is 0 Å². The van der Waals surface area contributed by atoms with Gasteiger partial charge >= 0.3 is 0 Å². The van der Waals surface area contributed by atoms with Crippen LogP contribution in [0.4, 0.5) is 0 Å². The molecule has 1 rings (SSSR count). The summed E-state index contributed by atoms with van der Waals surface area (Å²) in [5, 5.41) is 0. The number of unbranched alkanes of at least 4 members (excludes halogenated alkanes) is 1. The van der Waals surface area contributed by atoms with Crippen molar-refractivity contribution in [2.24, 2.45) is 5.92 Å². The molecule has 0 unspecified atom stereocenters. The van der Waals surface area contributed by atoms with Crippen molar-refractivity contribution in [2.45, 2.75) is 51.4 Å². The van der Waals surface area contributed by atoms with Crippen molar-refractivity contribution in [1.29, 1.82) is 0 Å². The van der Waals surface area contributed by atoms with Gasteiger partial charge in [-0.2, -0.15) is 0 Å². The van der Waals surface area contributed by atoms with Crippen LogP contribution in [0.1, 0.15) is 51.4 Å². The van der Waals surface area contributed by atoms with Crippen LogP contribution < -0.4 is 0 Å².